The summed E-state index contributed by atoms with van der Waals surface area (Å²) in [4.78, 5) is 14.6. The van der Waals surface area contributed by atoms with E-state index in [1.165, 1.54) is 0 Å². The number of nitrogens with one attached hydrogen (secondary N) is 2. The molecule has 4 N–H and O–H groups in total. The maximum atomic E-state index is 12.4. The highest BCUT2D eigenvalue weighted by Gasteiger charge is 2.39. The van der Waals surface area contributed by atoms with Gasteiger partial charge in [-0.2, -0.15) is 0 Å². The molecular weight excluding hydrogens is 651 g/mol. The van der Waals surface area contributed by atoms with Gasteiger partial charge in [-0.15, -0.1) is 0 Å². The Balaban J connectivity index is 1.15. The molecule has 1 fully saturated rings. The summed E-state index contributed by atoms with van der Waals surface area (Å²) in [6, 6.07) is 43.5. The Bertz CT molecular complexity index is 1850. The summed E-state index contributed by atoms with van der Waals surface area (Å²) in [5, 5.41) is 26.7. The van der Waals surface area contributed by atoms with Crippen molar-refractivity contribution in [2.45, 2.75) is 64.2 Å². The standard InChI is InChI=1S/C44H49N3O5/c1-30-40(28-47(3)31(2)41(49)36-14-8-5-9-15-36)51-43(52-42(30)37-19-17-33(29-48)18-20-37)38-23-21-35(22-24-38)39-16-10-13-34(25-39)27-46-44(50)45-26-32-11-6-4-7-12-32/h4-25,30-31,40-43,48-49H,26-29H2,1-3H3,(H2,45,46,50). The van der Waals surface area contributed by atoms with Gasteiger partial charge in [0.05, 0.1) is 24.9 Å². The van der Waals surface area contributed by atoms with E-state index in [2.05, 4.69) is 46.7 Å². The topological polar surface area (TPSA) is 103 Å². The lowest BCUT2D eigenvalue weighted by molar-refractivity contribution is -0.276. The summed E-state index contributed by atoms with van der Waals surface area (Å²) in [7, 11) is 2.03. The summed E-state index contributed by atoms with van der Waals surface area (Å²) in [6.07, 6.45) is -1.68. The first-order chi connectivity index (χ1) is 25.3. The second kappa shape index (κ2) is 17.6. The molecule has 1 aliphatic heterocycles. The lowest BCUT2D eigenvalue weighted by Crippen LogP contribution is -2.46. The van der Waals surface area contributed by atoms with E-state index in [0.29, 0.717) is 19.6 Å². The van der Waals surface area contributed by atoms with Crippen LogP contribution in [0.5, 0.6) is 0 Å². The zero-order valence-corrected chi connectivity index (χ0v) is 30.1. The molecule has 6 unspecified atom stereocenters. The molecule has 52 heavy (non-hydrogen) atoms. The smallest absolute Gasteiger partial charge is 0.315 e. The maximum absolute atomic E-state index is 12.4. The van der Waals surface area contributed by atoms with Crippen LogP contribution in [0.15, 0.2) is 133 Å². The highest BCUT2D eigenvalue weighted by atomic mass is 16.7. The number of carbonyl (C=O) groups is 1. The minimum atomic E-state index is -0.641. The Labute approximate surface area is 307 Å². The highest BCUT2D eigenvalue weighted by Crippen LogP contribution is 2.42. The minimum absolute atomic E-state index is 0.00999. The van der Waals surface area contributed by atoms with E-state index in [4.69, 9.17) is 9.47 Å². The number of hydrogen-bond acceptors (Lipinski definition) is 6. The molecule has 2 amide bonds. The van der Waals surface area contributed by atoms with Gasteiger partial charge in [-0.25, -0.2) is 4.79 Å². The molecule has 6 atom stereocenters. The number of carbonyl (C=O) groups excluding carboxylic acids is 1. The molecule has 0 aromatic heterocycles. The number of ether oxygens (including phenoxy) is 2. The van der Waals surface area contributed by atoms with Gasteiger partial charge >= 0.3 is 6.03 Å². The Kier molecular flexibility index (Phi) is 12.5. The van der Waals surface area contributed by atoms with Gasteiger partial charge in [-0.05, 0) is 59.0 Å². The molecule has 0 radical (unpaired) electrons. The highest BCUT2D eigenvalue weighted by molar-refractivity contribution is 5.74. The Morgan fingerprint density at radius 2 is 1.35 bits per heavy atom. The lowest BCUT2D eigenvalue weighted by atomic mass is 9.89. The molecule has 1 heterocycles. The van der Waals surface area contributed by atoms with Crippen LogP contribution in [0, 0.1) is 5.92 Å². The number of aliphatic hydroxyl groups is 2. The van der Waals surface area contributed by atoms with Crippen molar-refractivity contribution in [2.75, 3.05) is 13.6 Å². The van der Waals surface area contributed by atoms with E-state index in [9.17, 15) is 15.0 Å². The third-order valence-electron chi connectivity index (χ3n) is 10.1. The molecule has 8 heteroatoms. The van der Waals surface area contributed by atoms with E-state index < -0.39 is 12.4 Å². The largest absolute Gasteiger partial charge is 0.392 e. The van der Waals surface area contributed by atoms with Crippen molar-refractivity contribution >= 4 is 6.03 Å². The molecule has 0 spiro atoms. The molecule has 1 saturated heterocycles. The lowest BCUT2D eigenvalue weighted by Gasteiger charge is -2.43. The number of rotatable bonds is 13. The van der Waals surface area contributed by atoms with Crippen molar-refractivity contribution in [3.05, 3.63) is 167 Å². The molecule has 0 aliphatic carbocycles. The number of amides is 2. The first kappa shape index (κ1) is 36.9. The number of benzene rings is 5. The molecule has 0 saturated carbocycles. The van der Waals surface area contributed by atoms with E-state index in [0.717, 1.165) is 44.5 Å². The van der Waals surface area contributed by atoms with Crippen LogP contribution in [-0.4, -0.2) is 46.9 Å². The molecule has 5 aromatic rings. The Morgan fingerprint density at radius 1 is 0.731 bits per heavy atom. The van der Waals surface area contributed by atoms with Crippen molar-refractivity contribution in [3.63, 3.8) is 0 Å². The van der Waals surface area contributed by atoms with Gasteiger partial charge in [0.25, 0.3) is 0 Å². The van der Waals surface area contributed by atoms with Gasteiger partial charge in [0.2, 0.25) is 0 Å². The van der Waals surface area contributed by atoms with Crippen molar-refractivity contribution in [3.8, 4) is 11.1 Å². The van der Waals surface area contributed by atoms with Gasteiger partial charge < -0.3 is 30.3 Å². The Hall–Kier alpha value is -4.83. The molecule has 6 rings (SSSR count). The van der Waals surface area contributed by atoms with E-state index in [1.807, 2.05) is 123 Å². The number of hydrogen-bond donors (Lipinski definition) is 4. The summed E-state index contributed by atoms with van der Waals surface area (Å²) < 4.78 is 13.4. The predicted molar refractivity (Wildman–Crippen MR) is 204 cm³/mol. The van der Waals surface area contributed by atoms with Crippen LogP contribution in [-0.2, 0) is 29.2 Å². The first-order valence-corrected chi connectivity index (χ1v) is 18.0. The van der Waals surface area contributed by atoms with E-state index >= 15 is 0 Å². The molecule has 5 aromatic carbocycles. The van der Waals surface area contributed by atoms with E-state index in [1.54, 1.807) is 0 Å². The van der Waals surface area contributed by atoms with Crippen LogP contribution in [0.1, 0.15) is 65.7 Å². The molecular formula is C44H49N3O5. The third kappa shape index (κ3) is 9.33. The summed E-state index contributed by atoms with van der Waals surface area (Å²) >= 11 is 0. The van der Waals surface area contributed by atoms with E-state index in [-0.39, 0.29) is 36.8 Å². The molecule has 8 nitrogen and oxygen atoms in total. The van der Waals surface area contributed by atoms with Gasteiger partial charge in [0.1, 0.15) is 0 Å². The number of likely N-dealkylation sites (N-methyl/N-ethyl adjacent to an activating group) is 1. The maximum Gasteiger partial charge on any atom is 0.315 e. The average Bonchev–Trinajstić information content (AvgIpc) is 3.20. The monoisotopic (exact) mass is 699 g/mol. The fourth-order valence-corrected chi connectivity index (χ4v) is 6.66. The summed E-state index contributed by atoms with van der Waals surface area (Å²) in [6.45, 7) is 5.64. The van der Waals surface area contributed by atoms with Crippen LogP contribution in [0.25, 0.3) is 11.1 Å². The van der Waals surface area contributed by atoms with Crippen molar-refractivity contribution < 1.29 is 24.5 Å². The minimum Gasteiger partial charge on any atom is -0.392 e. The van der Waals surface area contributed by atoms with Gasteiger partial charge in [0.15, 0.2) is 6.29 Å². The summed E-state index contributed by atoms with van der Waals surface area (Å²) in [5.41, 5.74) is 7.80. The van der Waals surface area contributed by atoms with Gasteiger partial charge in [-0.1, -0.05) is 134 Å². The Morgan fingerprint density at radius 3 is 2.02 bits per heavy atom. The quantitative estimate of drug-likeness (QED) is 0.101. The van der Waals surface area contributed by atoms with Crippen molar-refractivity contribution in [1.82, 2.24) is 15.5 Å². The second-order valence-electron chi connectivity index (χ2n) is 13.7. The zero-order chi connectivity index (χ0) is 36.5. The average molecular weight is 700 g/mol. The van der Waals surface area contributed by atoms with Gasteiger partial charge in [0, 0.05) is 37.2 Å². The fraction of sp³-hybridized carbons (Fsp3) is 0.295. The fourth-order valence-electron chi connectivity index (χ4n) is 6.66. The number of aliphatic hydroxyl groups excluding tert-OH is 2. The zero-order valence-electron chi connectivity index (χ0n) is 30.1. The summed E-state index contributed by atoms with van der Waals surface area (Å²) in [5.74, 6) is 0.00999. The molecule has 1 aliphatic rings. The van der Waals surface area contributed by atoms with Crippen molar-refractivity contribution in [2.24, 2.45) is 5.92 Å². The van der Waals surface area contributed by atoms with Crippen LogP contribution >= 0.6 is 0 Å². The molecule has 0 bridgehead atoms. The molecule has 270 valence electrons. The SMILES string of the molecule is CC1C(CN(C)C(C)C(O)c2ccccc2)OC(c2ccc(-c3cccc(CNC(=O)NCc4ccccc4)c3)cc2)OC1c1ccc(CO)cc1. The normalized spacial score (nSPS) is 19.9. The van der Waals surface area contributed by atoms with Crippen molar-refractivity contribution in [1.29, 1.82) is 0 Å². The predicted octanol–water partition coefficient (Wildman–Crippen LogP) is 7.69. The van der Waals surface area contributed by atoms with Crippen LogP contribution in [0.3, 0.4) is 0 Å². The third-order valence-corrected chi connectivity index (χ3v) is 10.1. The van der Waals surface area contributed by atoms with Gasteiger partial charge in [-0.3, -0.25) is 4.90 Å². The second-order valence-corrected chi connectivity index (χ2v) is 13.7. The first-order valence-electron chi connectivity index (χ1n) is 18.0. The van der Waals surface area contributed by atoms with Crippen LogP contribution < -0.4 is 10.6 Å². The van der Waals surface area contributed by atoms with Crippen LogP contribution in [0.4, 0.5) is 4.79 Å². The van der Waals surface area contributed by atoms with Crippen LogP contribution in [0.2, 0.25) is 0 Å². The number of nitrogens with zero attached hydrogens (tertiary/aromatic N) is 1. The number of urea groups is 1.